The first kappa shape index (κ1) is 7.88. The highest BCUT2D eigenvalue weighted by atomic mass is 32.2. The predicted octanol–water partition coefficient (Wildman–Crippen LogP) is 1.63. The van der Waals surface area contributed by atoms with E-state index in [2.05, 4.69) is 0 Å². The second-order valence-electron chi connectivity index (χ2n) is 1.44. The molecule has 0 radical (unpaired) electrons. The first-order valence-corrected chi connectivity index (χ1v) is 3.24. The Bertz CT molecular complexity index is 94.0. The molecule has 0 aromatic rings. The third kappa shape index (κ3) is 4.05. The molecule has 0 saturated carbocycles. The summed E-state index contributed by atoms with van der Waals surface area (Å²) in [5, 5.41) is 0. The number of halogens is 1. The second kappa shape index (κ2) is 3.84. The molecule has 0 spiro atoms. The molecule has 0 aliphatic rings. The molecule has 0 aliphatic heterocycles. The van der Waals surface area contributed by atoms with Gasteiger partial charge in [-0.1, -0.05) is 0 Å². The summed E-state index contributed by atoms with van der Waals surface area (Å²) in [5.74, 6) is 0. The first-order chi connectivity index (χ1) is 3.66. The van der Waals surface area contributed by atoms with Gasteiger partial charge in [-0.2, -0.15) is 0 Å². The Balaban J connectivity index is 3.39. The molecule has 1 nitrogen and oxygen atoms in total. The number of rotatable bonds is 2. The van der Waals surface area contributed by atoms with Crippen LogP contribution in [-0.2, 0) is 0 Å². The highest BCUT2D eigenvalue weighted by Gasteiger charge is 2.04. The lowest BCUT2D eigenvalue weighted by Crippen LogP contribution is -1.91. The van der Waals surface area contributed by atoms with Crippen LogP contribution in [0.3, 0.4) is 0 Å². The molecule has 8 heavy (non-hydrogen) atoms. The molecule has 0 saturated heterocycles. The fraction of sp³-hybridized carbons (Fsp3) is 0.500. The van der Waals surface area contributed by atoms with Gasteiger partial charge >= 0.3 is 6.27 Å². The van der Waals surface area contributed by atoms with Crippen LogP contribution in [0, 0.1) is 0 Å². The Morgan fingerprint density at radius 2 is 2.38 bits per heavy atom. The van der Waals surface area contributed by atoms with Crippen molar-refractivity contribution in [3.63, 3.8) is 0 Å². The molecule has 0 fully saturated rings. The lowest BCUT2D eigenvalue weighted by Gasteiger charge is -1.94. The molecule has 0 aliphatic carbocycles. The zero-order valence-electron chi connectivity index (χ0n) is 5.02. The lowest BCUT2D eigenvalue weighted by molar-refractivity contribution is 0.869. The van der Waals surface area contributed by atoms with Crippen LogP contribution < -0.4 is 5.73 Å². The van der Waals surface area contributed by atoms with Crippen molar-refractivity contribution >= 4 is 17.9 Å². The molecule has 46 valence electrons. The van der Waals surface area contributed by atoms with E-state index >= 15 is 0 Å². The van der Waals surface area contributed by atoms with Gasteiger partial charge in [0.05, 0.1) is 0 Å². The van der Waals surface area contributed by atoms with Gasteiger partial charge in [-0.15, -0.1) is 11.6 Å². The molecule has 0 unspecified atom stereocenters. The van der Waals surface area contributed by atoms with Crippen LogP contribution in [0.2, 0.25) is 6.82 Å². The third-order valence-electron chi connectivity index (χ3n) is 0.583. The van der Waals surface area contributed by atoms with Crippen molar-refractivity contribution in [2.24, 2.45) is 5.73 Å². The van der Waals surface area contributed by atoms with Crippen molar-refractivity contribution in [3.8, 4) is 0 Å². The summed E-state index contributed by atoms with van der Waals surface area (Å²) in [4.78, 5) is 0.819. The molecule has 4 heteroatoms. The lowest BCUT2D eigenvalue weighted by atomic mass is 10.1. The fourth-order valence-electron chi connectivity index (χ4n) is 0.295. The van der Waals surface area contributed by atoms with Crippen LogP contribution in [0.1, 0.15) is 6.92 Å². The summed E-state index contributed by atoms with van der Waals surface area (Å²) >= 11 is 1.12. The quantitative estimate of drug-likeness (QED) is 0.579. The zero-order valence-corrected chi connectivity index (χ0v) is 5.83. The summed E-state index contributed by atoms with van der Waals surface area (Å²) in [6, 6.07) is 0. The highest BCUT2D eigenvalue weighted by molar-refractivity contribution is 8.27. The summed E-state index contributed by atoms with van der Waals surface area (Å²) in [6.07, 6.45) is 0.551. The molecule has 0 bridgehead atoms. The van der Waals surface area contributed by atoms with Crippen LogP contribution >= 0.6 is 11.6 Å². The number of allylic oxidation sites excluding steroid dienone is 1. The summed E-state index contributed by atoms with van der Waals surface area (Å²) in [5.41, 5.74) is 5.07. The Labute approximate surface area is 53.5 Å². The molecule has 0 aromatic carbocycles. The van der Waals surface area contributed by atoms with Crippen LogP contribution in [0.25, 0.3) is 0 Å². The number of hydrogen-bond acceptors (Lipinski definition) is 2. The van der Waals surface area contributed by atoms with Crippen LogP contribution in [0.5, 0.6) is 0 Å². The Morgan fingerprint density at radius 3 is 2.50 bits per heavy atom. The van der Waals surface area contributed by atoms with Gasteiger partial charge in [0.2, 0.25) is 0 Å². The van der Waals surface area contributed by atoms with E-state index in [0.717, 1.165) is 16.5 Å². The van der Waals surface area contributed by atoms with Gasteiger partial charge < -0.3 is 10.0 Å². The monoisotopic (exact) mass is 133 g/mol. The van der Waals surface area contributed by atoms with Gasteiger partial charge in [-0.05, 0) is 18.7 Å². The maximum Gasteiger partial charge on any atom is 0.413 e. The van der Waals surface area contributed by atoms with Gasteiger partial charge in [0.1, 0.15) is 0 Å². The van der Waals surface area contributed by atoms with Crippen molar-refractivity contribution < 1.29 is 4.32 Å². The van der Waals surface area contributed by atoms with E-state index in [-0.39, 0.29) is 0 Å². The SMILES string of the molecule is CB(F)SC(C)=CN. The van der Waals surface area contributed by atoms with Crippen molar-refractivity contribution in [2.45, 2.75) is 13.7 Å². The summed E-state index contributed by atoms with van der Waals surface area (Å²) in [7, 11) is 0. The average molecular weight is 133 g/mol. The second-order valence-corrected chi connectivity index (χ2v) is 2.97. The Morgan fingerprint density at radius 1 is 1.88 bits per heavy atom. The molecular weight excluding hydrogens is 124 g/mol. The largest absolute Gasteiger partial charge is 0.413 e. The summed E-state index contributed by atoms with van der Waals surface area (Å²) < 4.78 is 12.0. The van der Waals surface area contributed by atoms with E-state index in [1.54, 1.807) is 6.92 Å². The highest BCUT2D eigenvalue weighted by Crippen LogP contribution is 2.16. The van der Waals surface area contributed by atoms with E-state index in [4.69, 9.17) is 5.73 Å². The van der Waals surface area contributed by atoms with Gasteiger partial charge in [0.15, 0.2) is 0 Å². The van der Waals surface area contributed by atoms with Gasteiger partial charge in [0, 0.05) is 6.20 Å². The van der Waals surface area contributed by atoms with E-state index in [1.807, 2.05) is 0 Å². The molecular formula is C4H9BFNS. The van der Waals surface area contributed by atoms with Crippen LogP contribution in [-0.4, -0.2) is 6.27 Å². The molecule has 0 amide bonds. The Hall–Kier alpha value is -0.115. The van der Waals surface area contributed by atoms with E-state index in [1.165, 1.54) is 13.0 Å². The maximum atomic E-state index is 12.0. The van der Waals surface area contributed by atoms with E-state index in [9.17, 15) is 4.32 Å². The van der Waals surface area contributed by atoms with E-state index in [0.29, 0.717) is 0 Å². The van der Waals surface area contributed by atoms with Gasteiger partial charge in [-0.3, -0.25) is 0 Å². The maximum absolute atomic E-state index is 12.0. The number of hydrogen-bond donors (Lipinski definition) is 1. The molecule has 2 N–H and O–H groups in total. The third-order valence-corrected chi connectivity index (χ3v) is 1.42. The van der Waals surface area contributed by atoms with Crippen molar-refractivity contribution in [1.29, 1.82) is 0 Å². The Kier molecular flexibility index (Phi) is 3.78. The fourth-order valence-corrected chi connectivity index (χ4v) is 0.886. The van der Waals surface area contributed by atoms with Crippen LogP contribution in [0.15, 0.2) is 11.1 Å². The molecule has 0 rings (SSSR count). The van der Waals surface area contributed by atoms with Gasteiger partial charge in [-0.25, -0.2) is 0 Å². The topological polar surface area (TPSA) is 26.0 Å². The smallest absolute Gasteiger partial charge is 0.404 e. The average Bonchev–Trinajstić information content (AvgIpc) is 1.65. The standard InChI is InChI=1S/C4H9BFNS/c1-4(3-7)8-5(2)6/h3H,7H2,1-2H3. The molecule has 0 atom stereocenters. The van der Waals surface area contributed by atoms with E-state index < -0.39 is 6.27 Å². The number of nitrogens with two attached hydrogens (primary N) is 1. The van der Waals surface area contributed by atoms with Crippen LogP contribution in [0.4, 0.5) is 4.32 Å². The zero-order chi connectivity index (χ0) is 6.57. The minimum absolute atomic E-state index is 0.819. The summed E-state index contributed by atoms with van der Waals surface area (Å²) in [6.45, 7) is 3.26. The minimum Gasteiger partial charge on any atom is -0.404 e. The predicted molar refractivity (Wildman–Crippen MR) is 38.3 cm³/mol. The van der Waals surface area contributed by atoms with Crippen molar-refractivity contribution in [2.75, 3.05) is 0 Å². The minimum atomic E-state index is -0.852. The normalized spacial score (nSPS) is 11.6. The van der Waals surface area contributed by atoms with Crippen molar-refractivity contribution in [3.05, 3.63) is 11.1 Å². The first-order valence-electron chi connectivity index (χ1n) is 2.36. The van der Waals surface area contributed by atoms with Crippen molar-refractivity contribution in [1.82, 2.24) is 0 Å². The molecule has 0 heterocycles. The molecule has 0 aromatic heterocycles. The van der Waals surface area contributed by atoms with Gasteiger partial charge in [0.25, 0.3) is 0 Å².